The molecular weight excluding hydrogens is 486 g/mol. The van der Waals surface area contributed by atoms with Crippen molar-refractivity contribution in [2.45, 2.75) is 24.5 Å². The standard InChI is InChI=1S/C28H23N5O5/c1-12(16-9-7-15-6-5-13-3-2-4-14-8-10-17(16)20(15)19(13)14)24-30-21-25(31-28(29)32-26(21)37)33(24)27-23(36)22(35)18(11-34)38-27/h2-10,18,22-23,27,34-36H,1,11H2,(H3,29,31,32,37)/t18-,22-,23-,27-/m1/s1. The number of rotatable bonds is 4. The molecule has 4 atom stereocenters. The number of imidazole rings is 1. The molecule has 38 heavy (non-hydrogen) atoms. The fourth-order valence-electron chi connectivity index (χ4n) is 5.67. The Kier molecular flexibility index (Phi) is 4.85. The van der Waals surface area contributed by atoms with Crippen molar-refractivity contribution in [3.8, 4) is 0 Å². The monoisotopic (exact) mass is 509 g/mol. The summed E-state index contributed by atoms with van der Waals surface area (Å²) in [7, 11) is 0. The van der Waals surface area contributed by atoms with E-state index in [0.29, 0.717) is 5.57 Å². The molecule has 6 N–H and O–H groups in total. The number of fused-ring (bicyclic) bond motifs is 1. The molecule has 0 spiro atoms. The summed E-state index contributed by atoms with van der Waals surface area (Å²) >= 11 is 0. The fourth-order valence-corrected chi connectivity index (χ4v) is 5.67. The summed E-state index contributed by atoms with van der Waals surface area (Å²) in [4.78, 5) is 24.0. The molecule has 0 bridgehead atoms. The summed E-state index contributed by atoms with van der Waals surface area (Å²) < 4.78 is 7.23. The first-order valence-electron chi connectivity index (χ1n) is 12.1. The van der Waals surface area contributed by atoms with Crippen molar-refractivity contribution in [2.24, 2.45) is 0 Å². The van der Waals surface area contributed by atoms with Crippen LogP contribution in [0.5, 0.6) is 0 Å². The van der Waals surface area contributed by atoms with Gasteiger partial charge in [-0.2, -0.15) is 4.98 Å². The summed E-state index contributed by atoms with van der Waals surface area (Å²) in [5, 5.41) is 37.4. The topological polar surface area (TPSA) is 160 Å². The highest BCUT2D eigenvalue weighted by molar-refractivity contribution is 6.24. The maximum Gasteiger partial charge on any atom is 0.280 e. The van der Waals surface area contributed by atoms with Crippen molar-refractivity contribution in [3.05, 3.63) is 82.9 Å². The first-order valence-corrected chi connectivity index (χ1v) is 12.1. The van der Waals surface area contributed by atoms with Crippen LogP contribution in [0.2, 0.25) is 0 Å². The van der Waals surface area contributed by atoms with Crippen molar-refractivity contribution in [3.63, 3.8) is 0 Å². The zero-order valence-electron chi connectivity index (χ0n) is 20.0. The van der Waals surface area contributed by atoms with E-state index in [1.54, 1.807) is 0 Å². The van der Waals surface area contributed by atoms with Gasteiger partial charge in [-0.25, -0.2) is 4.98 Å². The van der Waals surface area contributed by atoms with Gasteiger partial charge >= 0.3 is 0 Å². The molecule has 7 rings (SSSR count). The Morgan fingerprint density at radius 1 is 1.00 bits per heavy atom. The molecule has 0 aliphatic carbocycles. The third-order valence-electron chi connectivity index (χ3n) is 7.46. The number of nitrogens with one attached hydrogen (secondary N) is 1. The molecule has 1 aliphatic heterocycles. The van der Waals surface area contributed by atoms with Gasteiger partial charge in [-0.15, -0.1) is 0 Å². The van der Waals surface area contributed by atoms with Gasteiger partial charge in [-0.05, 0) is 37.9 Å². The largest absolute Gasteiger partial charge is 0.394 e. The van der Waals surface area contributed by atoms with E-state index in [1.165, 1.54) is 4.57 Å². The van der Waals surface area contributed by atoms with Gasteiger partial charge in [-0.3, -0.25) is 14.3 Å². The second-order valence-electron chi connectivity index (χ2n) is 9.61. The van der Waals surface area contributed by atoms with Crippen LogP contribution in [0.3, 0.4) is 0 Å². The average molecular weight is 510 g/mol. The Bertz CT molecular complexity index is 1950. The number of hydrogen-bond donors (Lipinski definition) is 5. The maximum atomic E-state index is 12.8. The summed E-state index contributed by atoms with van der Waals surface area (Å²) in [5.74, 6) is 0.0729. The van der Waals surface area contributed by atoms with Crippen LogP contribution in [0.1, 0.15) is 17.6 Å². The Morgan fingerprint density at radius 3 is 2.39 bits per heavy atom. The lowest BCUT2D eigenvalue weighted by Gasteiger charge is -2.21. The maximum absolute atomic E-state index is 12.8. The highest BCUT2D eigenvalue weighted by Gasteiger charge is 2.45. The van der Waals surface area contributed by atoms with Crippen LogP contribution in [0.4, 0.5) is 5.95 Å². The third kappa shape index (κ3) is 3.06. The second kappa shape index (κ2) is 8.07. The van der Waals surface area contributed by atoms with E-state index in [4.69, 9.17) is 10.5 Å². The fraction of sp³-hybridized carbons (Fsp3) is 0.179. The minimum atomic E-state index is -1.43. The van der Waals surface area contributed by atoms with Gasteiger partial charge in [0.2, 0.25) is 5.95 Å². The van der Waals surface area contributed by atoms with Crippen LogP contribution in [-0.4, -0.2) is 59.8 Å². The number of aliphatic hydroxyl groups excluding tert-OH is 3. The molecule has 1 aliphatic rings. The van der Waals surface area contributed by atoms with E-state index in [2.05, 4.69) is 51.9 Å². The number of ether oxygens (including phenoxy) is 1. The Morgan fingerprint density at radius 2 is 1.68 bits per heavy atom. The van der Waals surface area contributed by atoms with E-state index in [-0.39, 0.29) is 22.9 Å². The van der Waals surface area contributed by atoms with Crippen LogP contribution in [0.25, 0.3) is 49.1 Å². The molecule has 6 aromatic rings. The lowest BCUT2D eigenvalue weighted by Crippen LogP contribution is -2.33. The molecule has 4 aromatic carbocycles. The summed E-state index contributed by atoms with van der Waals surface area (Å²) in [6.45, 7) is 3.83. The third-order valence-corrected chi connectivity index (χ3v) is 7.46. The van der Waals surface area contributed by atoms with Crippen LogP contribution in [0, 0.1) is 0 Å². The normalized spacial score (nSPS) is 21.9. The highest BCUT2D eigenvalue weighted by Crippen LogP contribution is 2.40. The zero-order valence-corrected chi connectivity index (χ0v) is 20.0. The number of benzene rings is 4. The van der Waals surface area contributed by atoms with Crippen LogP contribution in [-0.2, 0) is 4.74 Å². The second-order valence-corrected chi connectivity index (χ2v) is 9.61. The van der Waals surface area contributed by atoms with Gasteiger partial charge in [0.1, 0.15) is 24.1 Å². The van der Waals surface area contributed by atoms with E-state index in [9.17, 15) is 20.1 Å². The number of hydrogen-bond acceptors (Lipinski definition) is 8. The molecule has 1 saturated heterocycles. The molecule has 3 heterocycles. The SMILES string of the molecule is C=C(c1ccc2ccc3cccc4ccc1c2c34)c1nc2c(=O)[nH]c(N)nc2n1[C@@H]1O[C@H](CO)[C@@H](O)[C@H]1O. The number of H-pyrrole nitrogens is 1. The van der Waals surface area contributed by atoms with Crippen molar-refractivity contribution in [2.75, 3.05) is 12.3 Å². The van der Waals surface area contributed by atoms with E-state index >= 15 is 0 Å². The number of nitrogen functional groups attached to an aromatic ring is 1. The predicted octanol–water partition coefficient (Wildman–Crippen LogP) is 2.27. The predicted molar refractivity (Wildman–Crippen MR) is 144 cm³/mol. The Hall–Kier alpha value is -4.35. The van der Waals surface area contributed by atoms with Crippen molar-refractivity contribution < 1.29 is 20.1 Å². The number of aliphatic hydroxyl groups is 3. The summed E-state index contributed by atoms with van der Waals surface area (Å²) in [6, 6.07) is 18.4. The molecule has 0 radical (unpaired) electrons. The highest BCUT2D eigenvalue weighted by atomic mass is 16.6. The Balaban J connectivity index is 1.50. The zero-order chi connectivity index (χ0) is 26.3. The quantitative estimate of drug-likeness (QED) is 0.226. The number of anilines is 1. The van der Waals surface area contributed by atoms with Gasteiger partial charge in [0, 0.05) is 5.57 Å². The van der Waals surface area contributed by atoms with Gasteiger partial charge in [0.25, 0.3) is 5.56 Å². The minimum absolute atomic E-state index is 0.0224. The van der Waals surface area contributed by atoms with Crippen LogP contribution in [0.15, 0.2) is 66.0 Å². The van der Waals surface area contributed by atoms with Gasteiger partial charge in [0.05, 0.1) is 6.61 Å². The van der Waals surface area contributed by atoms with E-state index in [0.717, 1.165) is 37.9 Å². The molecule has 0 amide bonds. The van der Waals surface area contributed by atoms with Gasteiger partial charge in [-0.1, -0.05) is 61.2 Å². The van der Waals surface area contributed by atoms with Gasteiger partial charge < -0.3 is 25.8 Å². The molecule has 0 unspecified atom stereocenters. The minimum Gasteiger partial charge on any atom is -0.394 e. The smallest absolute Gasteiger partial charge is 0.280 e. The molecular formula is C28H23N5O5. The lowest BCUT2D eigenvalue weighted by atomic mass is 9.90. The van der Waals surface area contributed by atoms with E-state index in [1.807, 2.05) is 24.3 Å². The van der Waals surface area contributed by atoms with Crippen molar-refractivity contribution >= 4 is 55.0 Å². The first-order chi connectivity index (χ1) is 18.4. The molecule has 1 fully saturated rings. The molecule has 190 valence electrons. The number of aromatic amines is 1. The summed E-state index contributed by atoms with van der Waals surface area (Å²) in [6.07, 6.45) is -5.04. The van der Waals surface area contributed by atoms with Crippen molar-refractivity contribution in [1.82, 2.24) is 19.5 Å². The average Bonchev–Trinajstić information content (AvgIpc) is 3.43. The van der Waals surface area contributed by atoms with Crippen molar-refractivity contribution in [1.29, 1.82) is 0 Å². The van der Waals surface area contributed by atoms with Crippen LogP contribution < -0.4 is 11.3 Å². The van der Waals surface area contributed by atoms with Crippen LogP contribution >= 0.6 is 0 Å². The van der Waals surface area contributed by atoms with Gasteiger partial charge in [0.15, 0.2) is 17.4 Å². The van der Waals surface area contributed by atoms with E-state index < -0.39 is 36.7 Å². The first kappa shape index (κ1) is 22.8. The Labute approximate surface area is 214 Å². The number of aromatic nitrogens is 4. The lowest BCUT2D eigenvalue weighted by molar-refractivity contribution is -0.0514. The molecule has 2 aromatic heterocycles. The molecule has 10 nitrogen and oxygen atoms in total. The molecule has 10 heteroatoms. The number of nitrogens with zero attached hydrogens (tertiary/aromatic N) is 3. The number of nitrogens with two attached hydrogens (primary N) is 1. The molecule has 0 saturated carbocycles. The summed E-state index contributed by atoms with van der Waals surface area (Å²) in [5.41, 5.74) is 6.54.